The van der Waals surface area contributed by atoms with Gasteiger partial charge in [-0.3, -0.25) is 4.79 Å². The molecule has 0 bridgehead atoms. The van der Waals surface area contributed by atoms with Crippen molar-refractivity contribution in [3.8, 4) is 0 Å². The first-order valence-corrected chi connectivity index (χ1v) is 7.13. The molecule has 0 aromatic heterocycles. The summed E-state index contributed by atoms with van der Waals surface area (Å²) in [6.45, 7) is 4.09. The summed E-state index contributed by atoms with van der Waals surface area (Å²) in [5.41, 5.74) is 0.334. The van der Waals surface area contributed by atoms with Crippen LogP contribution in [0.2, 0.25) is 0 Å². The zero-order valence-electron chi connectivity index (χ0n) is 13.3. The van der Waals surface area contributed by atoms with Gasteiger partial charge >= 0.3 is 0 Å². The predicted octanol–water partition coefficient (Wildman–Crippen LogP) is 2.01. The second-order valence-electron chi connectivity index (χ2n) is 6.04. The Morgan fingerprint density at radius 3 is 2.43 bits per heavy atom. The van der Waals surface area contributed by atoms with Crippen molar-refractivity contribution in [1.82, 2.24) is 0 Å². The van der Waals surface area contributed by atoms with Gasteiger partial charge in [-0.15, -0.1) is 0 Å². The van der Waals surface area contributed by atoms with Crippen molar-refractivity contribution in [3.63, 3.8) is 0 Å². The second-order valence-corrected chi connectivity index (χ2v) is 6.04. The van der Waals surface area contributed by atoms with E-state index in [1.807, 2.05) is 13.8 Å². The van der Waals surface area contributed by atoms with Crippen LogP contribution >= 0.6 is 0 Å². The van der Waals surface area contributed by atoms with Crippen molar-refractivity contribution in [2.45, 2.75) is 50.3 Å². The molecule has 2 rings (SSSR count). The van der Waals surface area contributed by atoms with Gasteiger partial charge < -0.3 is 18.9 Å². The van der Waals surface area contributed by atoms with E-state index in [9.17, 15) is 4.79 Å². The van der Waals surface area contributed by atoms with E-state index in [1.54, 1.807) is 19.3 Å². The Kier molecular flexibility index (Phi) is 4.68. The van der Waals surface area contributed by atoms with Crippen LogP contribution < -0.4 is 0 Å². The standard InChI is InChI=1S/C16H24O5/c1-15(2)8-7-13(21-15)14(18-3)11-10-16(19-4,20-5)9-6-12(11)17/h6,9-10,13-14H,7-8H2,1-5H3/t13-,14-/m1/s1. The molecular weight excluding hydrogens is 272 g/mol. The highest BCUT2D eigenvalue weighted by atomic mass is 16.7. The van der Waals surface area contributed by atoms with Crippen LogP contribution in [-0.2, 0) is 23.7 Å². The van der Waals surface area contributed by atoms with Crippen molar-refractivity contribution < 1.29 is 23.7 Å². The minimum Gasteiger partial charge on any atom is -0.374 e. The van der Waals surface area contributed by atoms with Gasteiger partial charge in [0.05, 0.1) is 11.7 Å². The molecule has 5 nitrogen and oxygen atoms in total. The van der Waals surface area contributed by atoms with Crippen LogP contribution in [-0.4, -0.2) is 50.7 Å². The van der Waals surface area contributed by atoms with Gasteiger partial charge in [0, 0.05) is 26.9 Å². The highest BCUT2D eigenvalue weighted by Crippen LogP contribution is 2.35. The van der Waals surface area contributed by atoms with Crippen molar-refractivity contribution >= 4 is 5.78 Å². The minimum absolute atomic E-state index is 0.0973. The molecule has 2 atom stereocenters. The first-order chi connectivity index (χ1) is 9.86. The fraction of sp³-hybridized carbons (Fsp3) is 0.688. The SMILES string of the molecule is CO[C@H](C1=CC(OC)(OC)C=CC1=O)[C@H]1CCC(C)(C)O1. The Morgan fingerprint density at radius 2 is 1.95 bits per heavy atom. The molecule has 0 unspecified atom stereocenters. The summed E-state index contributed by atoms with van der Waals surface area (Å²) < 4.78 is 22.3. The quantitative estimate of drug-likeness (QED) is 0.726. The number of carbonyl (C=O) groups is 1. The first-order valence-electron chi connectivity index (χ1n) is 7.13. The van der Waals surface area contributed by atoms with Gasteiger partial charge in [0.1, 0.15) is 6.10 Å². The molecule has 0 amide bonds. The monoisotopic (exact) mass is 296 g/mol. The molecule has 0 saturated carbocycles. The number of allylic oxidation sites excluding steroid dienone is 1. The van der Waals surface area contributed by atoms with Crippen LogP contribution in [0, 0.1) is 0 Å². The summed E-state index contributed by atoms with van der Waals surface area (Å²) >= 11 is 0. The fourth-order valence-corrected chi connectivity index (χ4v) is 2.89. The molecule has 1 fully saturated rings. The average Bonchev–Trinajstić information content (AvgIpc) is 2.82. The third-order valence-electron chi connectivity index (χ3n) is 4.15. The van der Waals surface area contributed by atoms with Gasteiger partial charge in [0.2, 0.25) is 5.79 Å². The predicted molar refractivity (Wildman–Crippen MR) is 78.0 cm³/mol. The first kappa shape index (κ1) is 16.4. The topological polar surface area (TPSA) is 54.0 Å². The highest BCUT2D eigenvalue weighted by molar-refractivity contribution is 6.06. The van der Waals surface area contributed by atoms with E-state index in [-0.39, 0.29) is 17.5 Å². The second kappa shape index (κ2) is 6.01. The fourth-order valence-electron chi connectivity index (χ4n) is 2.89. The maximum Gasteiger partial charge on any atom is 0.208 e. The Labute approximate surface area is 125 Å². The molecule has 0 N–H and O–H groups in total. The van der Waals surface area contributed by atoms with Gasteiger partial charge in [0.15, 0.2) is 5.78 Å². The number of hydrogen-bond donors (Lipinski definition) is 0. The van der Waals surface area contributed by atoms with Crippen molar-refractivity contribution in [1.29, 1.82) is 0 Å². The molecule has 5 heteroatoms. The van der Waals surface area contributed by atoms with Gasteiger partial charge in [-0.05, 0) is 44.9 Å². The maximum atomic E-state index is 12.2. The minimum atomic E-state index is -1.02. The third-order valence-corrected chi connectivity index (χ3v) is 4.15. The Bertz CT molecular complexity index is 459. The van der Waals surface area contributed by atoms with Crippen molar-refractivity contribution in [2.75, 3.05) is 21.3 Å². The molecule has 0 aromatic rings. The van der Waals surface area contributed by atoms with Gasteiger partial charge in [-0.25, -0.2) is 0 Å². The smallest absolute Gasteiger partial charge is 0.208 e. The van der Waals surface area contributed by atoms with Crippen LogP contribution in [0.15, 0.2) is 23.8 Å². The summed E-state index contributed by atoms with van der Waals surface area (Å²) in [4.78, 5) is 12.2. The Hall–Kier alpha value is -1.01. The molecule has 1 saturated heterocycles. The number of methoxy groups -OCH3 is 3. The third kappa shape index (κ3) is 3.26. The van der Waals surface area contributed by atoms with Crippen LogP contribution in [0.1, 0.15) is 26.7 Å². The number of ketones is 1. The average molecular weight is 296 g/mol. The summed E-state index contributed by atoms with van der Waals surface area (Å²) in [5, 5.41) is 0. The molecule has 0 spiro atoms. The van der Waals surface area contributed by atoms with Crippen LogP contribution in [0.25, 0.3) is 0 Å². The number of ether oxygens (including phenoxy) is 4. The maximum absolute atomic E-state index is 12.2. The van der Waals surface area contributed by atoms with Gasteiger partial charge in [-0.2, -0.15) is 0 Å². The summed E-state index contributed by atoms with van der Waals surface area (Å²) in [6, 6.07) is 0. The summed E-state index contributed by atoms with van der Waals surface area (Å²) in [5.74, 6) is -1.12. The Balaban J connectivity index is 2.28. The molecule has 1 heterocycles. The zero-order chi connectivity index (χ0) is 15.7. The normalized spacial score (nSPS) is 28.5. The van der Waals surface area contributed by atoms with Crippen molar-refractivity contribution in [2.24, 2.45) is 0 Å². The van der Waals surface area contributed by atoms with Crippen molar-refractivity contribution in [3.05, 3.63) is 23.8 Å². The van der Waals surface area contributed by atoms with E-state index >= 15 is 0 Å². The number of rotatable bonds is 5. The van der Waals surface area contributed by atoms with E-state index in [1.165, 1.54) is 20.3 Å². The van der Waals surface area contributed by atoms with E-state index < -0.39 is 11.9 Å². The summed E-state index contributed by atoms with van der Waals surface area (Å²) in [7, 11) is 4.66. The van der Waals surface area contributed by atoms with E-state index in [0.717, 1.165) is 12.8 Å². The molecule has 1 aliphatic heterocycles. The van der Waals surface area contributed by atoms with Crippen LogP contribution in [0.5, 0.6) is 0 Å². The number of hydrogen-bond acceptors (Lipinski definition) is 5. The molecule has 2 aliphatic rings. The van der Waals surface area contributed by atoms with E-state index in [0.29, 0.717) is 5.57 Å². The largest absolute Gasteiger partial charge is 0.374 e. The van der Waals surface area contributed by atoms with Crippen LogP contribution in [0.3, 0.4) is 0 Å². The lowest BCUT2D eigenvalue weighted by Gasteiger charge is -2.32. The molecular formula is C16H24O5. The van der Waals surface area contributed by atoms with E-state index in [4.69, 9.17) is 18.9 Å². The lowest BCUT2D eigenvalue weighted by Crippen LogP contribution is -2.39. The molecule has 0 aromatic carbocycles. The molecule has 118 valence electrons. The molecule has 0 radical (unpaired) electrons. The van der Waals surface area contributed by atoms with Crippen LogP contribution in [0.4, 0.5) is 0 Å². The Morgan fingerprint density at radius 1 is 1.29 bits per heavy atom. The van der Waals surface area contributed by atoms with Gasteiger partial charge in [0.25, 0.3) is 0 Å². The number of carbonyl (C=O) groups excluding carboxylic acids is 1. The molecule has 1 aliphatic carbocycles. The lowest BCUT2D eigenvalue weighted by molar-refractivity contribution is -0.139. The van der Waals surface area contributed by atoms with E-state index in [2.05, 4.69) is 0 Å². The lowest BCUT2D eigenvalue weighted by atomic mass is 9.91. The highest BCUT2D eigenvalue weighted by Gasteiger charge is 2.41. The molecule has 21 heavy (non-hydrogen) atoms. The zero-order valence-corrected chi connectivity index (χ0v) is 13.3. The van der Waals surface area contributed by atoms with Gasteiger partial charge in [-0.1, -0.05) is 0 Å². The summed E-state index contributed by atoms with van der Waals surface area (Å²) in [6.07, 6.45) is 5.98.